The number of nitrogens with one attached hydrogen (secondary N) is 2. The molecular weight excluding hydrogens is 354 g/mol. The minimum absolute atomic E-state index is 0.690. The van der Waals surface area contributed by atoms with E-state index in [4.69, 9.17) is 0 Å². The van der Waals surface area contributed by atoms with Gasteiger partial charge in [-0.2, -0.15) is 0 Å². The fourth-order valence-corrected chi connectivity index (χ4v) is 2.53. The summed E-state index contributed by atoms with van der Waals surface area (Å²) in [5.41, 5.74) is 2.12. The van der Waals surface area contributed by atoms with Crippen LogP contribution in [0.15, 0.2) is 59.3 Å². The van der Waals surface area contributed by atoms with Crippen LogP contribution in [0.5, 0.6) is 0 Å². The van der Waals surface area contributed by atoms with E-state index in [2.05, 4.69) is 41.5 Å². The Kier molecular flexibility index (Phi) is 4.83. The zero-order chi connectivity index (χ0) is 16.1. The third kappa shape index (κ3) is 4.50. The number of halogens is 1. The van der Waals surface area contributed by atoms with Crippen molar-refractivity contribution in [3.63, 3.8) is 0 Å². The Bertz CT molecular complexity index is 792. The highest BCUT2D eigenvalue weighted by atomic mass is 79.9. The third-order valence-corrected chi connectivity index (χ3v) is 3.65. The van der Waals surface area contributed by atoms with Gasteiger partial charge >= 0.3 is 0 Å². The van der Waals surface area contributed by atoms with Crippen molar-refractivity contribution < 1.29 is 0 Å². The normalized spacial score (nSPS) is 10.3. The molecule has 0 saturated heterocycles. The maximum absolute atomic E-state index is 4.43. The number of benzene rings is 1. The van der Waals surface area contributed by atoms with Crippen LogP contribution in [0.25, 0.3) is 0 Å². The van der Waals surface area contributed by atoms with Crippen LogP contribution in [0, 0.1) is 6.92 Å². The molecule has 116 valence electrons. The zero-order valence-corrected chi connectivity index (χ0v) is 14.2. The van der Waals surface area contributed by atoms with E-state index in [-0.39, 0.29) is 0 Å². The van der Waals surface area contributed by atoms with Crippen LogP contribution in [0.1, 0.15) is 11.4 Å². The van der Waals surface area contributed by atoms with Crippen molar-refractivity contribution in [2.75, 3.05) is 10.6 Å². The van der Waals surface area contributed by atoms with E-state index in [1.807, 2.05) is 49.4 Å². The summed E-state index contributed by atoms with van der Waals surface area (Å²) in [6.07, 6.45) is 3.56. The Balaban J connectivity index is 1.73. The second-order valence-electron chi connectivity index (χ2n) is 5.03. The van der Waals surface area contributed by atoms with Crippen molar-refractivity contribution in [1.82, 2.24) is 15.0 Å². The van der Waals surface area contributed by atoms with E-state index < -0.39 is 0 Å². The number of pyridine rings is 1. The first-order valence-corrected chi connectivity index (χ1v) is 7.99. The highest BCUT2D eigenvalue weighted by Gasteiger charge is 2.03. The molecule has 0 aliphatic rings. The van der Waals surface area contributed by atoms with E-state index >= 15 is 0 Å². The summed E-state index contributed by atoms with van der Waals surface area (Å²) < 4.78 is 1.02. The van der Waals surface area contributed by atoms with Crippen molar-refractivity contribution >= 4 is 33.3 Å². The second-order valence-corrected chi connectivity index (χ2v) is 5.95. The van der Waals surface area contributed by atoms with Gasteiger partial charge in [-0.3, -0.25) is 4.98 Å². The lowest BCUT2D eigenvalue weighted by atomic mass is 10.3. The van der Waals surface area contributed by atoms with Gasteiger partial charge in [-0.05, 0) is 42.8 Å². The van der Waals surface area contributed by atoms with E-state index in [1.165, 1.54) is 0 Å². The molecule has 2 N–H and O–H groups in total. The van der Waals surface area contributed by atoms with Gasteiger partial charge in [-0.15, -0.1) is 0 Å². The molecular formula is C17H16BrN5. The molecule has 0 radical (unpaired) electrons. The number of rotatable bonds is 5. The molecule has 0 fully saturated rings. The molecule has 23 heavy (non-hydrogen) atoms. The van der Waals surface area contributed by atoms with Gasteiger partial charge < -0.3 is 10.6 Å². The van der Waals surface area contributed by atoms with Gasteiger partial charge in [0.25, 0.3) is 0 Å². The fourth-order valence-electron chi connectivity index (χ4n) is 2.13. The predicted octanol–water partition coefficient (Wildman–Crippen LogP) is 4.30. The summed E-state index contributed by atoms with van der Waals surface area (Å²) in [6.45, 7) is 2.57. The molecule has 3 rings (SSSR count). The maximum Gasteiger partial charge on any atom is 0.136 e. The monoisotopic (exact) mass is 369 g/mol. The van der Waals surface area contributed by atoms with Gasteiger partial charge in [0.05, 0.1) is 0 Å². The van der Waals surface area contributed by atoms with Crippen LogP contribution in [-0.2, 0) is 6.54 Å². The molecule has 0 saturated carbocycles. The molecule has 0 spiro atoms. The average molecular weight is 370 g/mol. The van der Waals surface area contributed by atoms with Crippen molar-refractivity contribution in [3.05, 3.63) is 70.7 Å². The first-order chi connectivity index (χ1) is 11.2. The van der Waals surface area contributed by atoms with E-state index in [0.29, 0.717) is 12.4 Å². The van der Waals surface area contributed by atoms with E-state index in [1.54, 1.807) is 12.4 Å². The third-order valence-electron chi connectivity index (χ3n) is 3.16. The topological polar surface area (TPSA) is 62.7 Å². The molecule has 2 heterocycles. The molecule has 0 aliphatic carbocycles. The van der Waals surface area contributed by atoms with Crippen LogP contribution in [-0.4, -0.2) is 15.0 Å². The van der Waals surface area contributed by atoms with Gasteiger partial charge in [-0.1, -0.05) is 22.0 Å². The first kappa shape index (κ1) is 15.4. The van der Waals surface area contributed by atoms with Crippen molar-refractivity contribution in [2.24, 2.45) is 0 Å². The number of nitrogens with zero attached hydrogens (tertiary/aromatic N) is 3. The molecule has 6 heteroatoms. The number of aromatic nitrogens is 3. The Morgan fingerprint density at radius 3 is 2.57 bits per heavy atom. The van der Waals surface area contributed by atoms with Crippen molar-refractivity contribution in [3.8, 4) is 0 Å². The molecule has 0 aliphatic heterocycles. The lowest BCUT2D eigenvalue weighted by Crippen LogP contribution is -2.05. The van der Waals surface area contributed by atoms with Crippen LogP contribution >= 0.6 is 15.9 Å². The Morgan fingerprint density at radius 2 is 1.78 bits per heavy atom. The molecule has 1 aromatic carbocycles. The largest absolute Gasteiger partial charge is 0.366 e. The molecule has 5 nitrogen and oxygen atoms in total. The molecule has 0 bridgehead atoms. The quantitative estimate of drug-likeness (QED) is 0.701. The minimum atomic E-state index is 0.690. The van der Waals surface area contributed by atoms with Crippen molar-refractivity contribution in [2.45, 2.75) is 13.5 Å². The predicted molar refractivity (Wildman–Crippen MR) is 95.8 cm³/mol. The first-order valence-electron chi connectivity index (χ1n) is 7.20. The molecule has 3 aromatic rings. The van der Waals surface area contributed by atoms with Crippen LogP contribution in [0.3, 0.4) is 0 Å². The number of aryl methyl sites for hydroxylation is 1. The van der Waals surface area contributed by atoms with Gasteiger partial charge in [0.2, 0.25) is 0 Å². The summed E-state index contributed by atoms with van der Waals surface area (Å²) in [5.74, 6) is 2.25. The summed E-state index contributed by atoms with van der Waals surface area (Å²) in [7, 11) is 0. The van der Waals surface area contributed by atoms with Crippen LogP contribution < -0.4 is 10.6 Å². The number of hydrogen-bond acceptors (Lipinski definition) is 5. The molecule has 0 amide bonds. The van der Waals surface area contributed by atoms with E-state index in [9.17, 15) is 0 Å². The lowest BCUT2D eigenvalue weighted by molar-refractivity contribution is 1.02. The lowest BCUT2D eigenvalue weighted by Gasteiger charge is -2.10. The highest BCUT2D eigenvalue weighted by Crippen LogP contribution is 2.21. The van der Waals surface area contributed by atoms with Crippen LogP contribution in [0.2, 0.25) is 0 Å². The van der Waals surface area contributed by atoms with Crippen molar-refractivity contribution in [1.29, 1.82) is 0 Å². The number of anilines is 3. The summed E-state index contributed by atoms with van der Waals surface area (Å²) >= 11 is 3.46. The second kappa shape index (κ2) is 7.19. The molecule has 2 aromatic heterocycles. The van der Waals surface area contributed by atoms with Gasteiger partial charge in [0, 0.05) is 35.2 Å². The maximum atomic E-state index is 4.43. The Hall–Kier alpha value is -2.47. The summed E-state index contributed by atoms with van der Waals surface area (Å²) in [5, 5.41) is 6.60. The smallest absolute Gasteiger partial charge is 0.136 e. The minimum Gasteiger partial charge on any atom is -0.366 e. The van der Waals surface area contributed by atoms with E-state index in [0.717, 1.165) is 27.4 Å². The SMILES string of the molecule is Cc1nc(NCc2ccncc2)cc(Nc2cccc(Br)c2)n1. The summed E-state index contributed by atoms with van der Waals surface area (Å²) in [4.78, 5) is 12.9. The van der Waals surface area contributed by atoms with Gasteiger partial charge in [-0.25, -0.2) is 9.97 Å². The van der Waals surface area contributed by atoms with Gasteiger partial charge in [0.15, 0.2) is 0 Å². The standard InChI is InChI=1S/C17H16BrN5/c1-12-21-16(20-11-13-5-7-19-8-6-13)10-17(22-12)23-15-4-2-3-14(18)9-15/h2-10H,11H2,1H3,(H2,20,21,22,23). The summed E-state index contributed by atoms with van der Waals surface area (Å²) in [6, 6.07) is 13.8. The Labute approximate surface area is 143 Å². The molecule has 0 atom stereocenters. The zero-order valence-electron chi connectivity index (χ0n) is 12.6. The fraction of sp³-hybridized carbons (Fsp3) is 0.118. The highest BCUT2D eigenvalue weighted by molar-refractivity contribution is 9.10. The van der Waals surface area contributed by atoms with Gasteiger partial charge in [0.1, 0.15) is 17.5 Å². The average Bonchev–Trinajstić information content (AvgIpc) is 2.53. The molecule has 0 unspecified atom stereocenters. The van der Waals surface area contributed by atoms with Crippen LogP contribution in [0.4, 0.5) is 17.3 Å². The number of hydrogen-bond donors (Lipinski definition) is 2. The Morgan fingerprint density at radius 1 is 1.00 bits per heavy atom.